The lowest BCUT2D eigenvalue weighted by atomic mass is 10.0. The number of β-amino-alcohol motifs (C(OH)–C–C–N with tert-alkyl or cyclic N) is 1. The Balaban J connectivity index is 1.93. The highest BCUT2D eigenvalue weighted by atomic mass is 32.2. The van der Waals surface area contributed by atoms with E-state index in [1.165, 1.54) is 4.31 Å². The zero-order valence-corrected chi connectivity index (χ0v) is 11.5. The van der Waals surface area contributed by atoms with Gasteiger partial charge in [-0.25, -0.2) is 8.42 Å². The molecule has 2 N–H and O–H groups in total. The third kappa shape index (κ3) is 2.35. The number of aliphatic hydroxyl groups excluding tert-OH is 1. The van der Waals surface area contributed by atoms with Crippen LogP contribution in [0.15, 0.2) is 23.1 Å². The van der Waals surface area contributed by atoms with Crippen LogP contribution in [0, 0.1) is 0 Å². The van der Waals surface area contributed by atoms with Crippen molar-refractivity contribution in [3.05, 3.63) is 23.8 Å². The van der Waals surface area contributed by atoms with Crippen molar-refractivity contribution in [2.75, 3.05) is 25.0 Å². The van der Waals surface area contributed by atoms with Crippen LogP contribution in [0.1, 0.15) is 18.4 Å². The fraction of sp³-hybridized carbons (Fsp3) is 0.538. The van der Waals surface area contributed by atoms with Gasteiger partial charge in [-0.3, -0.25) is 0 Å². The number of aliphatic hydroxyl groups is 1. The standard InChI is InChI=1S/C13H18N2O3S/c16-11-5-7-15(9-11)19(17,18)12-3-4-13-10(8-12)2-1-6-14-13/h3-4,8,11,14,16H,1-2,5-7,9H2. The first-order chi connectivity index (χ1) is 9.07. The predicted molar refractivity (Wildman–Crippen MR) is 72.6 cm³/mol. The topological polar surface area (TPSA) is 69.6 Å². The summed E-state index contributed by atoms with van der Waals surface area (Å²) in [5, 5.41) is 12.8. The lowest BCUT2D eigenvalue weighted by Gasteiger charge is -2.20. The SMILES string of the molecule is O=S(=O)(c1ccc2c(c1)CCCN2)N1CCC(O)C1. The maximum atomic E-state index is 12.5. The number of rotatable bonds is 2. The fourth-order valence-electron chi connectivity index (χ4n) is 2.69. The molecule has 0 saturated carbocycles. The summed E-state index contributed by atoms with van der Waals surface area (Å²) in [5.41, 5.74) is 2.10. The maximum Gasteiger partial charge on any atom is 0.243 e. The van der Waals surface area contributed by atoms with E-state index in [0.29, 0.717) is 17.9 Å². The lowest BCUT2D eigenvalue weighted by molar-refractivity contribution is 0.189. The Kier molecular flexibility index (Phi) is 3.24. The van der Waals surface area contributed by atoms with Crippen molar-refractivity contribution >= 4 is 15.7 Å². The second-order valence-electron chi connectivity index (χ2n) is 5.15. The van der Waals surface area contributed by atoms with Gasteiger partial charge in [-0.2, -0.15) is 4.31 Å². The van der Waals surface area contributed by atoms with Gasteiger partial charge in [0.15, 0.2) is 0 Å². The molecule has 1 aromatic carbocycles. The van der Waals surface area contributed by atoms with Gasteiger partial charge in [0.2, 0.25) is 10.0 Å². The minimum atomic E-state index is -3.46. The Hall–Kier alpha value is -1.11. The smallest absolute Gasteiger partial charge is 0.243 e. The van der Waals surface area contributed by atoms with Crippen molar-refractivity contribution in [2.45, 2.75) is 30.3 Å². The monoisotopic (exact) mass is 282 g/mol. The van der Waals surface area contributed by atoms with Crippen molar-refractivity contribution in [3.8, 4) is 0 Å². The quantitative estimate of drug-likeness (QED) is 0.842. The van der Waals surface area contributed by atoms with Gasteiger partial charge in [-0.15, -0.1) is 0 Å². The molecule has 5 nitrogen and oxygen atoms in total. The van der Waals surface area contributed by atoms with E-state index in [2.05, 4.69) is 5.32 Å². The van der Waals surface area contributed by atoms with Crippen LogP contribution in [0.4, 0.5) is 5.69 Å². The molecular formula is C13H18N2O3S. The van der Waals surface area contributed by atoms with Gasteiger partial charge in [0.25, 0.3) is 0 Å². The van der Waals surface area contributed by atoms with Crippen molar-refractivity contribution in [1.29, 1.82) is 0 Å². The molecule has 1 unspecified atom stereocenters. The molecule has 104 valence electrons. The summed E-state index contributed by atoms with van der Waals surface area (Å²) >= 11 is 0. The molecule has 0 spiro atoms. The molecule has 0 aromatic heterocycles. The third-order valence-electron chi connectivity index (χ3n) is 3.78. The summed E-state index contributed by atoms with van der Waals surface area (Å²) in [6.45, 7) is 1.55. The number of sulfonamides is 1. The van der Waals surface area contributed by atoms with Crippen LogP contribution in [0.5, 0.6) is 0 Å². The van der Waals surface area contributed by atoms with E-state index >= 15 is 0 Å². The Morgan fingerprint density at radius 1 is 1.37 bits per heavy atom. The highest BCUT2D eigenvalue weighted by molar-refractivity contribution is 7.89. The summed E-state index contributed by atoms with van der Waals surface area (Å²) in [6, 6.07) is 5.26. The average molecular weight is 282 g/mol. The minimum absolute atomic E-state index is 0.206. The van der Waals surface area contributed by atoms with Gasteiger partial charge in [-0.05, 0) is 43.0 Å². The van der Waals surface area contributed by atoms with Crippen molar-refractivity contribution < 1.29 is 13.5 Å². The van der Waals surface area contributed by atoms with Gasteiger partial charge < -0.3 is 10.4 Å². The van der Waals surface area contributed by atoms with E-state index < -0.39 is 16.1 Å². The van der Waals surface area contributed by atoms with E-state index in [9.17, 15) is 13.5 Å². The first-order valence-electron chi connectivity index (χ1n) is 6.62. The van der Waals surface area contributed by atoms with E-state index in [0.717, 1.165) is 30.6 Å². The molecule has 0 bridgehead atoms. The largest absolute Gasteiger partial charge is 0.392 e. The highest BCUT2D eigenvalue weighted by Crippen LogP contribution is 2.27. The molecule has 1 saturated heterocycles. The van der Waals surface area contributed by atoms with Gasteiger partial charge in [0.05, 0.1) is 11.0 Å². The number of fused-ring (bicyclic) bond motifs is 1. The van der Waals surface area contributed by atoms with Crippen molar-refractivity contribution in [2.24, 2.45) is 0 Å². The Labute approximate surface area is 113 Å². The first kappa shape index (κ1) is 12.9. The van der Waals surface area contributed by atoms with Crippen molar-refractivity contribution in [3.63, 3.8) is 0 Å². The van der Waals surface area contributed by atoms with Gasteiger partial charge in [0.1, 0.15) is 0 Å². The molecule has 2 heterocycles. The Morgan fingerprint density at radius 2 is 2.21 bits per heavy atom. The molecule has 1 atom stereocenters. The number of aryl methyl sites for hydroxylation is 1. The molecule has 6 heteroatoms. The maximum absolute atomic E-state index is 12.5. The molecule has 0 radical (unpaired) electrons. The van der Waals surface area contributed by atoms with Gasteiger partial charge in [0, 0.05) is 25.3 Å². The summed E-state index contributed by atoms with van der Waals surface area (Å²) in [7, 11) is -3.46. The molecule has 19 heavy (non-hydrogen) atoms. The zero-order valence-electron chi connectivity index (χ0n) is 10.7. The summed E-state index contributed by atoms with van der Waals surface area (Å²) in [5.74, 6) is 0. The second-order valence-corrected chi connectivity index (χ2v) is 7.09. The van der Waals surface area contributed by atoms with E-state index in [4.69, 9.17) is 0 Å². The van der Waals surface area contributed by atoms with Crippen molar-refractivity contribution in [1.82, 2.24) is 4.31 Å². The average Bonchev–Trinajstić information content (AvgIpc) is 2.85. The van der Waals surface area contributed by atoms with Crippen LogP contribution in [-0.4, -0.2) is 43.6 Å². The normalized spacial score (nSPS) is 23.9. The molecule has 2 aliphatic rings. The fourth-order valence-corrected chi connectivity index (χ4v) is 4.23. The molecule has 1 fully saturated rings. The minimum Gasteiger partial charge on any atom is -0.392 e. The molecule has 3 rings (SSSR count). The van der Waals surface area contributed by atoms with Crippen LogP contribution in [0.3, 0.4) is 0 Å². The first-order valence-corrected chi connectivity index (χ1v) is 8.06. The number of hydrogen-bond acceptors (Lipinski definition) is 4. The summed E-state index contributed by atoms with van der Waals surface area (Å²) in [6.07, 6.45) is 1.92. The van der Waals surface area contributed by atoms with Gasteiger partial charge in [-0.1, -0.05) is 0 Å². The van der Waals surface area contributed by atoms with E-state index in [1.54, 1.807) is 12.1 Å². The van der Waals surface area contributed by atoms with Crippen LogP contribution in [-0.2, 0) is 16.4 Å². The number of benzene rings is 1. The molecular weight excluding hydrogens is 264 g/mol. The Bertz CT molecular complexity index is 586. The van der Waals surface area contributed by atoms with Crippen LogP contribution >= 0.6 is 0 Å². The lowest BCUT2D eigenvalue weighted by Crippen LogP contribution is -2.30. The second kappa shape index (κ2) is 4.77. The summed E-state index contributed by atoms with van der Waals surface area (Å²) < 4.78 is 26.3. The molecule has 0 amide bonds. The number of nitrogens with one attached hydrogen (secondary N) is 1. The highest BCUT2D eigenvalue weighted by Gasteiger charge is 2.32. The number of nitrogens with zero attached hydrogens (tertiary/aromatic N) is 1. The van der Waals surface area contributed by atoms with E-state index in [1.807, 2.05) is 6.07 Å². The third-order valence-corrected chi connectivity index (χ3v) is 5.64. The number of anilines is 1. The number of hydrogen-bond donors (Lipinski definition) is 2. The van der Waals surface area contributed by atoms with Crippen LogP contribution in [0.2, 0.25) is 0 Å². The molecule has 2 aliphatic heterocycles. The van der Waals surface area contributed by atoms with Crippen LogP contribution < -0.4 is 5.32 Å². The zero-order chi connectivity index (χ0) is 13.5. The Morgan fingerprint density at radius 3 is 2.95 bits per heavy atom. The molecule has 1 aromatic rings. The van der Waals surface area contributed by atoms with Gasteiger partial charge >= 0.3 is 0 Å². The molecule has 0 aliphatic carbocycles. The summed E-state index contributed by atoms with van der Waals surface area (Å²) in [4.78, 5) is 0.337. The predicted octanol–water partition coefficient (Wildman–Crippen LogP) is 0.800. The van der Waals surface area contributed by atoms with Crippen LogP contribution in [0.25, 0.3) is 0 Å². The van der Waals surface area contributed by atoms with E-state index in [-0.39, 0.29) is 6.54 Å².